The molecule has 0 aliphatic rings. The monoisotopic (exact) mass is 230 g/mol. The topological polar surface area (TPSA) is 26.0 Å². The van der Waals surface area contributed by atoms with Gasteiger partial charge in [-0.2, -0.15) is 0 Å². The first kappa shape index (κ1) is 11.8. The van der Waals surface area contributed by atoms with E-state index in [0.29, 0.717) is 11.6 Å². The van der Waals surface area contributed by atoms with Crippen molar-refractivity contribution in [1.82, 2.24) is 0 Å². The lowest BCUT2D eigenvalue weighted by molar-refractivity contribution is 0.835. The second-order valence-electron chi connectivity index (χ2n) is 3.14. The van der Waals surface area contributed by atoms with Gasteiger partial charge in [0.1, 0.15) is 0 Å². The summed E-state index contributed by atoms with van der Waals surface area (Å²) in [6.07, 6.45) is 5.12. The first-order chi connectivity index (χ1) is 6.74. The van der Waals surface area contributed by atoms with Crippen molar-refractivity contribution < 1.29 is 0 Å². The van der Waals surface area contributed by atoms with Crippen LogP contribution in [0.1, 0.15) is 18.4 Å². The van der Waals surface area contributed by atoms with E-state index < -0.39 is 0 Å². The van der Waals surface area contributed by atoms with Gasteiger partial charge in [-0.05, 0) is 49.9 Å². The SMILES string of the molecule is NCC[CH]CCc1ccc(Cl)cc1Cl. The maximum Gasteiger partial charge on any atom is 0.0452 e. The van der Waals surface area contributed by atoms with Crippen molar-refractivity contribution in [2.45, 2.75) is 19.3 Å². The number of hydrogen-bond acceptors (Lipinski definition) is 1. The summed E-state index contributed by atoms with van der Waals surface area (Å²) < 4.78 is 0. The van der Waals surface area contributed by atoms with E-state index >= 15 is 0 Å². The number of halogens is 2. The van der Waals surface area contributed by atoms with Gasteiger partial charge in [0.05, 0.1) is 0 Å². The van der Waals surface area contributed by atoms with Gasteiger partial charge in [0.2, 0.25) is 0 Å². The number of unbranched alkanes of at least 4 members (excludes halogenated alkanes) is 2. The zero-order valence-electron chi connectivity index (χ0n) is 7.97. The van der Waals surface area contributed by atoms with Crippen molar-refractivity contribution in [2.24, 2.45) is 5.73 Å². The summed E-state index contributed by atoms with van der Waals surface area (Å²) in [4.78, 5) is 0. The van der Waals surface area contributed by atoms with Crippen LogP contribution in [-0.2, 0) is 6.42 Å². The normalized spacial score (nSPS) is 10.5. The lowest BCUT2D eigenvalue weighted by atomic mass is 10.1. The predicted molar refractivity (Wildman–Crippen MR) is 62.8 cm³/mol. The highest BCUT2D eigenvalue weighted by Gasteiger charge is 2.00. The van der Waals surface area contributed by atoms with Crippen molar-refractivity contribution in [3.05, 3.63) is 40.2 Å². The first-order valence-corrected chi connectivity index (χ1v) is 5.45. The molecular formula is C11H14Cl2N. The van der Waals surface area contributed by atoms with Gasteiger partial charge in [-0.3, -0.25) is 0 Å². The Balaban J connectivity index is 2.42. The molecule has 0 saturated carbocycles. The average Bonchev–Trinajstić information content (AvgIpc) is 2.15. The minimum absolute atomic E-state index is 0.685. The Morgan fingerprint density at radius 3 is 2.64 bits per heavy atom. The average molecular weight is 231 g/mol. The van der Waals surface area contributed by atoms with Crippen LogP contribution in [0.25, 0.3) is 0 Å². The molecule has 1 aromatic rings. The van der Waals surface area contributed by atoms with Crippen molar-refractivity contribution in [1.29, 1.82) is 0 Å². The van der Waals surface area contributed by atoms with E-state index in [4.69, 9.17) is 28.9 Å². The zero-order valence-corrected chi connectivity index (χ0v) is 9.48. The maximum absolute atomic E-state index is 6.02. The third-order valence-electron chi connectivity index (χ3n) is 2.00. The van der Waals surface area contributed by atoms with Gasteiger partial charge in [-0.25, -0.2) is 0 Å². The highest BCUT2D eigenvalue weighted by Crippen LogP contribution is 2.22. The van der Waals surface area contributed by atoms with Crippen molar-refractivity contribution in [3.63, 3.8) is 0 Å². The van der Waals surface area contributed by atoms with Crippen molar-refractivity contribution >= 4 is 23.2 Å². The van der Waals surface area contributed by atoms with Gasteiger partial charge >= 0.3 is 0 Å². The van der Waals surface area contributed by atoms with Gasteiger partial charge in [0, 0.05) is 10.0 Å². The van der Waals surface area contributed by atoms with E-state index in [0.717, 1.165) is 29.8 Å². The third-order valence-corrected chi connectivity index (χ3v) is 2.59. The molecule has 0 aliphatic carbocycles. The van der Waals surface area contributed by atoms with Crippen molar-refractivity contribution in [2.75, 3.05) is 6.54 Å². The molecule has 1 nitrogen and oxygen atoms in total. The van der Waals surface area contributed by atoms with Crippen LogP contribution in [0.4, 0.5) is 0 Å². The Morgan fingerprint density at radius 1 is 1.21 bits per heavy atom. The molecule has 0 fully saturated rings. The van der Waals surface area contributed by atoms with Crippen LogP contribution >= 0.6 is 23.2 Å². The van der Waals surface area contributed by atoms with Crippen LogP contribution in [0.15, 0.2) is 18.2 Å². The summed E-state index contributed by atoms with van der Waals surface area (Å²) in [6.45, 7) is 0.717. The fourth-order valence-electron chi connectivity index (χ4n) is 1.24. The van der Waals surface area contributed by atoms with E-state index in [-0.39, 0.29) is 0 Å². The van der Waals surface area contributed by atoms with Crippen molar-refractivity contribution in [3.8, 4) is 0 Å². The Bertz CT molecular complexity index is 287. The molecule has 0 unspecified atom stereocenters. The number of benzene rings is 1. The minimum Gasteiger partial charge on any atom is -0.330 e. The largest absolute Gasteiger partial charge is 0.330 e. The van der Waals surface area contributed by atoms with E-state index in [1.165, 1.54) is 0 Å². The van der Waals surface area contributed by atoms with Crippen LogP contribution in [0.3, 0.4) is 0 Å². The minimum atomic E-state index is 0.685. The molecule has 0 spiro atoms. The van der Waals surface area contributed by atoms with E-state index in [9.17, 15) is 0 Å². The van der Waals surface area contributed by atoms with Crippen LogP contribution < -0.4 is 5.73 Å². The number of rotatable bonds is 5. The molecule has 14 heavy (non-hydrogen) atoms. The lowest BCUT2D eigenvalue weighted by Gasteiger charge is -2.03. The summed E-state index contributed by atoms with van der Waals surface area (Å²) in [5, 5.41) is 1.43. The summed E-state index contributed by atoms with van der Waals surface area (Å²) in [5.41, 5.74) is 6.53. The van der Waals surface area contributed by atoms with E-state index in [1.807, 2.05) is 12.1 Å². The Hall–Kier alpha value is -0.240. The first-order valence-electron chi connectivity index (χ1n) is 4.69. The highest BCUT2D eigenvalue weighted by atomic mass is 35.5. The zero-order chi connectivity index (χ0) is 10.4. The highest BCUT2D eigenvalue weighted by molar-refractivity contribution is 6.35. The number of aryl methyl sites for hydroxylation is 1. The maximum atomic E-state index is 6.02. The Kier molecular flexibility index (Phi) is 5.31. The Morgan fingerprint density at radius 2 is 2.00 bits per heavy atom. The molecule has 0 bridgehead atoms. The molecule has 0 aromatic heterocycles. The standard InChI is InChI=1S/C11H14Cl2N/c12-10-6-5-9(11(13)8-10)4-2-1-3-7-14/h1,5-6,8H,2-4,7,14H2. The molecule has 2 N–H and O–H groups in total. The molecule has 1 rings (SSSR count). The lowest BCUT2D eigenvalue weighted by Crippen LogP contribution is -1.98. The fourth-order valence-corrected chi connectivity index (χ4v) is 1.75. The molecule has 77 valence electrons. The summed E-state index contributed by atoms with van der Waals surface area (Å²) in [7, 11) is 0. The van der Waals surface area contributed by atoms with Crippen LogP contribution in [0, 0.1) is 6.42 Å². The molecule has 1 radical (unpaired) electrons. The predicted octanol–water partition coefficient (Wildman–Crippen LogP) is 3.48. The van der Waals surface area contributed by atoms with Crippen LogP contribution in [-0.4, -0.2) is 6.54 Å². The second-order valence-corrected chi connectivity index (χ2v) is 3.98. The van der Waals surface area contributed by atoms with Gasteiger partial charge in [0.25, 0.3) is 0 Å². The molecule has 3 heteroatoms. The Labute approximate surface area is 95.2 Å². The van der Waals surface area contributed by atoms with Gasteiger partial charge in [-0.1, -0.05) is 29.3 Å². The van der Waals surface area contributed by atoms with E-state index in [2.05, 4.69) is 6.42 Å². The van der Waals surface area contributed by atoms with Gasteiger partial charge in [0.15, 0.2) is 0 Å². The fraction of sp³-hybridized carbons (Fsp3) is 0.364. The smallest absolute Gasteiger partial charge is 0.0452 e. The van der Waals surface area contributed by atoms with Gasteiger partial charge in [-0.15, -0.1) is 0 Å². The quantitative estimate of drug-likeness (QED) is 0.771. The number of nitrogens with two attached hydrogens (primary N) is 1. The molecule has 0 atom stereocenters. The molecule has 0 amide bonds. The molecule has 0 heterocycles. The van der Waals surface area contributed by atoms with Crippen LogP contribution in [0.5, 0.6) is 0 Å². The summed E-state index contributed by atoms with van der Waals surface area (Å²) >= 11 is 11.8. The van der Waals surface area contributed by atoms with E-state index in [1.54, 1.807) is 6.07 Å². The molecule has 0 saturated heterocycles. The molecule has 1 aromatic carbocycles. The van der Waals surface area contributed by atoms with Gasteiger partial charge < -0.3 is 5.73 Å². The summed E-state index contributed by atoms with van der Waals surface area (Å²) in [6, 6.07) is 5.62. The van der Waals surface area contributed by atoms with Crippen LogP contribution in [0.2, 0.25) is 10.0 Å². The second kappa shape index (κ2) is 6.28. The number of hydrogen-bond donors (Lipinski definition) is 1. The molecular weight excluding hydrogens is 217 g/mol. The third kappa shape index (κ3) is 3.87. The summed E-state index contributed by atoms with van der Waals surface area (Å²) in [5.74, 6) is 0. The molecule has 0 aliphatic heterocycles.